The van der Waals surface area contributed by atoms with Crippen molar-refractivity contribution in [2.45, 2.75) is 51.7 Å². The van der Waals surface area contributed by atoms with Gasteiger partial charge in [0.15, 0.2) is 0 Å². The zero-order valence-corrected chi connectivity index (χ0v) is 10.2. The van der Waals surface area contributed by atoms with Crippen LogP contribution in [0.3, 0.4) is 0 Å². The van der Waals surface area contributed by atoms with E-state index in [1.165, 1.54) is 12.8 Å². The van der Waals surface area contributed by atoms with Crippen LogP contribution in [0.5, 0.6) is 0 Å². The fraction of sp³-hybridized carbons (Fsp3) is 0.917. The fourth-order valence-electron chi connectivity index (χ4n) is 1.44. The monoisotopic (exact) mass is 229 g/mol. The molecular weight excluding hydrogens is 206 g/mol. The third-order valence-corrected chi connectivity index (χ3v) is 2.78. The van der Waals surface area contributed by atoms with Gasteiger partial charge in [-0.05, 0) is 32.1 Å². The van der Waals surface area contributed by atoms with Crippen molar-refractivity contribution in [3.8, 4) is 0 Å². The molecule has 1 fully saturated rings. The maximum absolute atomic E-state index is 11.5. The molecule has 2 atom stereocenters. The van der Waals surface area contributed by atoms with Crippen LogP contribution in [0.1, 0.15) is 39.5 Å². The van der Waals surface area contributed by atoms with E-state index < -0.39 is 12.2 Å². The zero-order chi connectivity index (χ0) is 12.0. The molecule has 94 valence electrons. The van der Waals surface area contributed by atoms with Crippen molar-refractivity contribution >= 4 is 5.91 Å². The third kappa shape index (κ3) is 5.47. The number of amides is 1. The van der Waals surface area contributed by atoms with Gasteiger partial charge in [-0.25, -0.2) is 0 Å². The molecule has 4 heteroatoms. The standard InChI is InChI=1S/C12H23NO3/c1-3-4-11(14)7-13-12(15)9(2)16-8-10-5-6-10/h9-11,14H,3-8H2,1-2H3,(H,13,15). The molecule has 0 heterocycles. The van der Waals surface area contributed by atoms with Gasteiger partial charge in [-0.3, -0.25) is 4.79 Å². The average molecular weight is 229 g/mol. The molecule has 0 bridgehead atoms. The number of rotatable bonds is 8. The molecule has 1 amide bonds. The molecule has 0 aromatic rings. The van der Waals surface area contributed by atoms with E-state index in [9.17, 15) is 9.90 Å². The van der Waals surface area contributed by atoms with E-state index in [-0.39, 0.29) is 5.91 Å². The molecule has 16 heavy (non-hydrogen) atoms. The molecule has 0 saturated heterocycles. The second kappa shape index (κ2) is 6.86. The highest BCUT2D eigenvalue weighted by molar-refractivity contribution is 5.80. The SMILES string of the molecule is CCCC(O)CNC(=O)C(C)OCC1CC1. The Kier molecular flexibility index (Phi) is 5.77. The molecule has 0 aliphatic heterocycles. The third-order valence-electron chi connectivity index (χ3n) is 2.78. The minimum atomic E-state index is -0.440. The molecule has 0 spiro atoms. The lowest BCUT2D eigenvalue weighted by Crippen LogP contribution is -2.39. The Morgan fingerprint density at radius 3 is 2.81 bits per heavy atom. The highest BCUT2D eigenvalue weighted by Gasteiger charge is 2.24. The molecular formula is C12H23NO3. The van der Waals surface area contributed by atoms with Gasteiger partial charge >= 0.3 is 0 Å². The summed E-state index contributed by atoms with van der Waals surface area (Å²) in [4.78, 5) is 11.5. The summed E-state index contributed by atoms with van der Waals surface area (Å²) < 4.78 is 5.43. The Bertz CT molecular complexity index is 216. The summed E-state index contributed by atoms with van der Waals surface area (Å²) in [6, 6.07) is 0. The van der Waals surface area contributed by atoms with Crippen LogP contribution >= 0.6 is 0 Å². The Morgan fingerprint density at radius 1 is 1.56 bits per heavy atom. The Balaban J connectivity index is 2.07. The second-order valence-corrected chi connectivity index (χ2v) is 4.61. The van der Waals surface area contributed by atoms with Crippen molar-refractivity contribution in [3.05, 3.63) is 0 Å². The molecule has 2 N–H and O–H groups in total. The van der Waals surface area contributed by atoms with Crippen molar-refractivity contribution in [3.63, 3.8) is 0 Å². The van der Waals surface area contributed by atoms with Crippen molar-refractivity contribution < 1.29 is 14.6 Å². The first-order valence-corrected chi connectivity index (χ1v) is 6.20. The highest BCUT2D eigenvalue weighted by Crippen LogP contribution is 2.29. The Morgan fingerprint density at radius 2 is 2.25 bits per heavy atom. The van der Waals surface area contributed by atoms with Crippen LogP contribution in [0, 0.1) is 5.92 Å². The van der Waals surface area contributed by atoms with E-state index in [1.807, 2.05) is 6.92 Å². The lowest BCUT2D eigenvalue weighted by Gasteiger charge is -2.15. The summed E-state index contributed by atoms with van der Waals surface area (Å²) in [6.07, 6.45) is 3.24. The van der Waals surface area contributed by atoms with Crippen molar-refractivity contribution in [2.24, 2.45) is 5.92 Å². The van der Waals surface area contributed by atoms with Crippen molar-refractivity contribution in [2.75, 3.05) is 13.2 Å². The van der Waals surface area contributed by atoms with Gasteiger partial charge in [0, 0.05) is 6.54 Å². The summed E-state index contributed by atoms with van der Waals surface area (Å²) in [5.74, 6) is 0.539. The van der Waals surface area contributed by atoms with Gasteiger partial charge in [0.2, 0.25) is 5.91 Å². The van der Waals surface area contributed by atoms with Crippen molar-refractivity contribution in [1.82, 2.24) is 5.32 Å². The number of aliphatic hydroxyl groups is 1. The minimum absolute atomic E-state index is 0.129. The van der Waals surface area contributed by atoms with Crippen LogP contribution in [0.2, 0.25) is 0 Å². The smallest absolute Gasteiger partial charge is 0.248 e. The normalized spacial score (nSPS) is 19.2. The molecule has 4 nitrogen and oxygen atoms in total. The average Bonchev–Trinajstić information content (AvgIpc) is 3.06. The first kappa shape index (κ1) is 13.5. The zero-order valence-electron chi connectivity index (χ0n) is 10.2. The molecule has 0 radical (unpaired) electrons. The molecule has 2 unspecified atom stereocenters. The quantitative estimate of drug-likeness (QED) is 0.655. The van der Waals surface area contributed by atoms with Crippen LogP contribution < -0.4 is 5.32 Å². The van der Waals surface area contributed by atoms with Crippen LogP contribution in [-0.4, -0.2) is 36.4 Å². The molecule has 1 aliphatic carbocycles. The minimum Gasteiger partial charge on any atom is -0.391 e. The van der Waals surface area contributed by atoms with E-state index in [0.717, 1.165) is 12.8 Å². The summed E-state index contributed by atoms with van der Waals surface area (Å²) >= 11 is 0. The lowest BCUT2D eigenvalue weighted by molar-refractivity contribution is -0.132. The summed E-state index contributed by atoms with van der Waals surface area (Å²) in [6.45, 7) is 4.77. The predicted octanol–water partition coefficient (Wildman–Crippen LogP) is 1.08. The number of hydrogen-bond acceptors (Lipinski definition) is 3. The second-order valence-electron chi connectivity index (χ2n) is 4.61. The molecule has 1 rings (SSSR count). The van der Waals surface area contributed by atoms with Gasteiger partial charge in [-0.15, -0.1) is 0 Å². The summed E-state index contributed by atoms with van der Waals surface area (Å²) in [7, 11) is 0. The van der Waals surface area contributed by atoms with E-state index >= 15 is 0 Å². The molecule has 1 saturated carbocycles. The van der Waals surface area contributed by atoms with Crippen LogP contribution in [0.4, 0.5) is 0 Å². The van der Waals surface area contributed by atoms with Gasteiger partial charge < -0.3 is 15.2 Å². The predicted molar refractivity (Wildman–Crippen MR) is 62.1 cm³/mol. The first-order chi connectivity index (χ1) is 7.63. The molecule has 0 aromatic carbocycles. The highest BCUT2D eigenvalue weighted by atomic mass is 16.5. The summed E-state index contributed by atoms with van der Waals surface area (Å²) in [5.41, 5.74) is 0. The van der Waals surface area contributed by atoms with E-state index in [0.29, 0.717) is 19.1 Å². The number of aliphatic hydroxyl groups excluding tert-OH is 1. The van der Waals surface area contributed by atoms with E-state index in [2.05, 4.69) is 5.32 Å². The summed E-state index contributed by atoms with van der Waals surface area (Å²) in [5, 5.41) is 12.1. The number of carbonyl (C=O) groups excluding carboxylic acids is 1. The number of nitrogens with one attached hydrogen (secondary N) is 1. The lowest BCUT2D eigenvalue weighted by atomic mass is 10.2. The molecule has 0 aromatic heterocycles. The fourth-order valence-corrected chi connectivity index (χ4v) is 1.44. The van der Waals surface area contributed by atoms with Crippen molar-refractivity contribution in [1.29, 1.82) is 0 Å². The van der Waals surface area contributed by atoms with Gasteiger partial charge in [-0.2, -0.15) is 0 Å². The Labute approximate surface area is 97.4 Å². The topological polar surface area (TPSA) is 58.6 Å². The van der Waals surface area contributed by atoms with Crippen LogP contribution in [0.25, 0.3) is 0 Å². The van der Waals surface area contributed by atoms with Gasteiger partial charge in [-0.1, -0.05) is 13.3 Å². The first-order valence-electron chi connectivity index (χ1n) is 6.20. The maximum Gasteiger partial charge on any atom is 0.248 e. The van der Waals surface area contributed by atoms with Gasteiger partial charge in [0.25, 0.3) is 0 Å². The van der Waals surface area contributed by atoms with Crippen LogP contribution in [0.15, 0.2) is 0 Å². The van der Waals surface area contributed by atoms with Gasteiger partial charge in [0.05, 0.1) is 12.7 Å². The van der Waals surface area contributed by atoms with Gasteiger partial charge in [0.1, 0.15) is 6.10 Å². The molecule has 1 aliphatic rings. The van der Waals surface area contributed by atoms with E-state index in [4.69, 9.17) is 4.74 Å². The maximum atomic E-state index is 11.5. The van der Waals surface area contributed by atoms with E-state index in [1.54, 1.807) is 6.92 Å². The van der Waals surface area contributed by atoms with Crippen LogP contribution in [-0.2, 0) is 9.53 Å². The number of ether oxygens (including phenoxy) is 1. The largest absolute Gasteiger partial charge is 0.391 e. The number of hydrogen-bond donors (Lipinski definition) is 2. The Hall–Kier alpha value is -0.610. The number of carbonyl (C=O) groups is 1.